The Morgan fingerprint density at radius 1 is 1.10 bits per heavy atom. The van der Waals surface area contributed by atoms with Gasteiger partial charge in [0.05, 0.1) is 30.2 Å². The van der Waals surface area contributed by atoms with Gasteiger partial charge in [0.2, 0.25) is 0 Å². The Balaban J connectivity index is 1.99. The van der Waals surface area contributed by atoms with Crippen LogP contribution < -0.4 is 4.74 Å². The smallest absolute Gasteiger partial charge is 0.165 e. The van der Waals surface area contributed by atoms with Crippen molar-refractivity contribution in [1.29, 1.82) is 10.5 Å². The molecule has 2 aromatic carbocycles. The quantitative estimate of drug-likeness (QED) is 0.837. The Morgan fingerprint density at radius 2 is 1.90 bits per heavy atom. The van der Waals surface area contributed by atoms with Crippen LogP contribution in [0.15, 0.2) is 48.5 Å². The van der Waals surface area contributed by atoms with E-state index in [2.05, 4.69) is 6.07 Å². The van der Waals surface area contributed by atoms with Gasteiger partial charge < -0.3 is 4.74 Å². The van der Waals surface area contributed by atoms with Crippen LogP contribution in [0.1, 0.15) is 23.5 Å². The lowest BCUT2D eigenvalue weighted by Crippen LogP contribution is -2.05. The van der Waals surface area contributed by atoms with E-state index in [1.54, 1.807) is 42.5 Å². The summed E-state index contributed by atoms with van der Waals surface area (Å²) < 4.78 is 18.7. The van der Waals surface area contributed by atoms with Crippen molar-refractivity contribution in [3.8, 4) is 17.9 Å². The predicted octanol–water partition coefficient (Wildman–Crippen LogP) is 3.77. The minimum Gasteiger partial charge on any atom is -0.490 e. The van der Waals surface area contributed by atoms with Gasteiger partial charge in [0.25, 0.3) is 0 Å². The van der Waals surface area contributed by atoms with Crippen LogP contribution in [-0.2, 0) is 0 Å². The molecule has 0 aliphatic heterocycles. The highest BCUT2D eigenvalue weighted by molar-refractivity contribution is 5.36. The van der Waals surface area contributed by atoms with Gasteiger partial charge in [0.1, 0.15) is 0 Å². The molecule has 0 saturated carbocycles. The molecule has 0 saturated heterocycles. The van der Waals surface area contributed by atoms with Crippen LogP contribution in [0.2, 0.25) is 0 Å². The summed E-state index contributed by atoms with van der Waals surface area (Å²) in [5, 5.41) is 18.1. The maximum absolute atomic E-state index is 13.4. The molecule has 0 bridgehead atoms. The number of rotatable bonds is 5. The first-order valence-electron chi connectivity index (χ1n) is 6.51. The normalized spacial score (nSPS) is 11.2. The average Bonchev–Trinajstić information content (AvgIpc) is 2.53. The molecule has 1 unspecified atom stereocenters. The standard InChI is InChI=1S/C17H13FN2O/c18-16-6-1-2-7-17(16)21-9-8-15(12-20)14-5-3-4-13(10-14)11-19/h1-7,10,15H,8-9H2. The largest absolute Gasteiger partial charge is 0.490 e. The molecule has 0 heterocycles. The summed E-state index contributed by atoms with van der Waals surface area (Å²) in [7, 11) is 0. The number of nitriles is 2. The van der Waals surface area contributed by atoms with Crippen LogP contribution in [0.25, 0.3) is 0 Å². The van der Waals surface area contributed by atoms with Crippen molar-refractivity contribution in [2.45, 2.75) is 12.3 Å². The second kappa shape index (κ2) is 7.07. The fraction of sp³-hybridized carbons (Fsp3) is 0.176. The van der Waals surface area contributed by atoms with Crippen molar-refractivity contribution >= 4 is 0 Å². The van der Waals surface area contributed by atoms with E-state index in [0.717, 1.165) is 5.56 Å². The first-order chi connectivity index (χ1) is 10.2. The second-order valence-corrected chi connectivity index (χ2v) is 4.49. The molecule has 0 radical (unpaired) electrons. The summed E-state index contributed by atoms with van der Waals surface area (Å²) in [6.45, 7) is 0.232. The number of hydrogen-bond donors (Lipinski definition) is 0. The third-order valence-electron chi connectivity index (χ3n) is 3.07. The zero-order valence-corrected chi connectivity index (χ0v) is 11.3. The molecule has 0 amide bonds. The van der Waals surface area contributed by atoms with E-state index >= 15 is 0 Å². The number of benzene rings is 2. The molecule has 2 rings (SSSR count). The molecule has 4 heteroatoms. The van der Waals surface area contributed by atoms with Gasteiger partial charge in [0, 0.05) is 6.42 Å². The lowest BCUT2D eigenvalue weighted by Gasteiger charge is -2.11. The number of nitrogens with zero attached hydrogens (tertiary/aromatic N) is 2. The number of para-hydroxylation sites is 1. The fourth-order valence-electron chi connectivity index (χ4n) is 1.98. The third-order valence-corrected chi connectivity index (χ3v) is 3.07. The molecule has 3 nitrogen and oxygen atoms in total. The molecule has 0 aliphatic carbocycles. The van der Waals surface area contributed by atoms with Gasteiger partial charge in [-0.15, -0.1) is 0 Å². The summed E-state index contributed by atoms with van der Waals surface area (Å²) in [4.78, 5) is 0. The highest BCUT2D eigenvalue weighted by Crippen LogP contribution is 2.21. The number of halogens is 1. The summed E-state index contributed by atoms with van der Waals surface area (Å²) in [5.41, 5.74) is 1.29. The Hall–Kier alpha value is -2.85. The second-order valence-electron chi connectivity index (χ2n) is 4.49. The minimum absolute atomic E-state index is 0.181. The lowest BCUT2D eigenvalue weighted by atomic mass is 9.96. The van der Waals surface area contributed by atoms with E-state index in [4.69, 9.17) is 10.00 Å². The van der Waals surface area contributed by atoms with Gasteiger partial charge >= 0.3 is 0 Å². The van der Waals surface area contributed by atoms with Gasteiger partial charge in [-0.3, -0.25) is 0 Å². The Morgan fingerprint density at radius 3 is 2.62 bits per heavy atom. The van der Waals surface area contributed by atoms with Crippen LogP contribution in [0.5, 0.6) is 5.75 Å². The molecular formula is C17H13FN2O. The van der Waals surface area contributed by atoms with Gasteiger partial charge in [0.15, 0.2) is 11.6 Å². The average molecular weight is 280 g/mol. The topological polar surface area (TPSA) is 56.8 Å². The van der Waals surface area contributed by atoms with Gasteiger partial charge in [-0.05, 0) is 29.8 Å². The molecule has 104 valence electrons. The van der Waals surface area contributed by atoms with Crippen molar-refractivity contribution < 1.29 is 9.13 Å². The third kappa shape index (κ3) is 3.81. The van der Waals surface area contributed by atoms with Crippen molar-refractivity contribution in [3.05, 3.63) is 65.5 Å². The molecule has 1 atom stereocenters. The van der Waals surface area contributed by atoms with Crippen molar-refractivity contribution in [2.75, 3.05) is 6.61 Å². The molecule has 21 heavy (non-hydrogen) atoms. The highest BCUT2D eigenvalue weighted by atomic mass is 19.1. The fourth-order valence-corrected chi connectivity index (χ4v) is 1.98. The lowest BCUT2D eigenvalue weighted by molar-refractivity contribution is 0.291. The van der Waals surface area contributed by atoms with Crippen LogP contribution in [0.3, 0.4) is 0 Å². The maximum atomic E-state index is 13.4. The summed E-state index contributed by atoms with van der Waals surface area (Å²) >= 11 is 0. The van der Waals surface area contributed by atoms with E-state index < -0.39 is 5.82 Å². The maximum Gasteiger partial charge on any atom is 0.165 e. The summed E-state index contributed by atoms with van der Waals surface area (Å²) in [6, 6.07) is 17.3. The van der Waals surface area contributed by atoms with E-state index in [9.17, 15) is 9.65 Å². The van der Waals surface area contributed by atoms with Gasteiger partial charge in [-0.2, -0.15) is 10.5 Å². The monoisotopic (exact) mass is 280 g/mol. The zero-order valence-electron chi connectivity index (χ0n) is 11.3. The van der Waals surface area contributed by atoms with Crippen molar-refractivity contribution in [2.24, 2.45) is 0 Å². The molecule has 2 aromatic rings. The van der Waals surface area contributed by atoms with Gasteiger partial charge in [-0.25, -0.2) is 4.39 Å². The zero-order chi connectivity index (χ0) is 15.1. The predicted molar refractivity (Wildman–Crippen MR) is 76.0 cm³/mol. The Bertz CT molecular complexity index is 700. The first kappa shape index (κ1) is 14.6. The van der Waals surface area contributed by atoms with Crippen LogP contribution in [0.4, 0.5) is 4.39 Å². The van der Waals surface area contributed by atoms with Crippen molar-refractivity contribution in [3.63, 3.8) is 0 Å². The molecule has 0 fully saturated rings. The van der Waals surface area contributed by atoms with E-state index in [0.29, 0.717) is 12.0 Å². The van der Waals surface area contributed by atoms with Crippen LogP contribution >= 0.6 is 0 Å². The molecule has 0 spiro atoms. The SMILES string of the molecule is N#Cc1cccc(C(C#N)CCOc2ccccc2F)c1. The van der Waals surface area contributed by atoms with Gasteiger partial charge in [-0.1, -0.05) is 24.3 Å². The molecule has 0 aliphatic rings. The molecule has 0 N–H and O–H groups in total. The van der Waals surface area contributed by atoms with Crippen LogP contribution in [0, 0.1) is 28.5 Å². The number of hydrogen-bond acceptors (Lipinski definition) is 3. The van der Waals surface area contributed by atoms with Crippen molar-refractivity contribution in [1.82, 2.24) is 0 Å². The van der Waals surface area contributed by atoms with E-state index in [1.807, 2.05) is 6.07 Å². The minimum atomic E-state index is -0.419. The van der Waals surface area contributed by atoms with E-state index in [-0.39, 0.29) is 18.3 Å². The number of ether oxygens (including phenoxy) is 1. The molecular weight excluding hydrogens is 267 g/mol. The Kier molecular flexibility index (Phi) is 4.90. The van der Waals surface area contributed by atoms with E-state index in [1.165, 1.54) is 6.07 Å². The summed E-state index contributed by atoms with van der Waals surface area (Å²) in [5.74, 6) is -0.623. The Labute approximate surface area is 122 Å². The summed E-state index contributed by atoms with van der Waals surface area (Å²) in [6.07, 6.45) is 0.430. The first-order valence-corrected chi connectivity index (χ1v) is 6.51. The molecule has 0 aromatic heterocycles. The van der Waals surface area contributed by atoms with Crippen LogP contribution in [-0.4, -0.2) is 6.61 Å². The highest BCUT2D eigenvalue weighted by Gasteiger charge is 2.12.